The highest BCUT2D eigenvalue weighted by atomic mass is 16.5. The van der Waals surface area contributed by atoms with Gasteiger partial charge in [0.25, 0.3) is 5.91 Å². The van der Waals surface area contributed by atoms with E-state index >= 15 is 0 Å². The first-order chi connectivity index (χ1) is 14.1. The van der Waals surface area contributed by atoms with Crippen molar-refractivity contribution < 1.29 is 14.3 Å². The number of pyridine rings is 1. The lowest BCUT2D eigenvalue weighted by Gasteiger charge is -2.28. The number of nitrogens with one attached hydrogen (secondary N) is 2. The van der Waals surface area contributed by atoms with Crippen LogP contribution in [0.5, 0.6) is 11.5 Å². The smallest absolute Gasteiger partial charge is 0.255 e. The summed E-state index contributed by atoms with van der Waals surface area (Å²) in [6.07, 6.45) is 4.85. The van der Waals surface area contributed by atoms with Crippen LogP contribution in [0.4, 0.5) is 11.6 Å². The Kier molecular flexibility index (Phi) is 4.86. The fraction of sp³-hybridized carbons (Fsp3) is 0.200. The Morgan fingerprint density at radius 2 is 2.10 bits per heavy atom. The van der Waals surface area contributed by atoms with Gasteiger partial charge in [-0.1, -0.05) is 6.07 Å². The van der Waals surface area contributed by atoms with E-state index in [4.69, 9.17) is 9.47 Å². The maximum atomic E-state index is 13.3. The maximum absolute atomic E-state index is 13.3. The third-order valence-corrected chi connectivity index (χ3v) is 4.70. The average Bonchev–Trinajstić information content (AvgIpc) is 3.21. The largest absolute Gasteiger partial charge is 0.497 e. The second-order valence-corrected chi connectivity index (χ2v) is 6.40. The molecule has 2 N–H and O–H groups in total. The number of fused-ring (bicyclic) bond motifs is 1. The fourth-order valence-electron chi connectivity index (χ4n) is 3.32. The number of nitrogens with zero attached hydrogens (tertiary/aromatic N) is 4. The van der Waals surface area contributed by atoms with Gasteiger partial charge in [0.1, 0.15) is 23.9 Å². The second-order valence-electron chi connectivity index (χ2n) is 6.40. The Morgan fingerprint density at radius 1 is 1.24 bits per heavy atom. The molecule has 0 fully saturated rings. The van der Waals surface area contributed by atoms with Crippen LogP contribution in [0.3, 0.4) is 0 Å². The number of benzene rings is 1. The molecule has 29 heavy (non-hydrogen) atoms. The molecule has 3 aromatic rings. The molecule has 1 aromatic carbocycles. The number of rotatable bonds is 5. The van der Waals surface area contributed by atoms with E-state index in [1.807, 2.05) is 19.1 Å². The number of hydrogen-bond donors (Lipinski definition) is 2. The van der Waals surface area contributed by atoms with Crippen LogP contribution in [0.25, 0.3) is 0 Å². The van der Waals surface area contributed by atoms with Gasteiger partial charge in [-0.05, 0) is 30.7 Å². The minimum atomic E-state index is -0.466. The molecule has 9 heteroatoms. The van der Waals surface area contributed by atoms with Crippen LogP contribution in [0.2, 0.25) is 0 Å². The third-order valence-electron chi connectivity index (χ3n) is 4.70. The zero-order valence-electron chi connectivity index (χ0n) is 16.2. The number of amides is 1. The molecule has 4 rings (SSSR count). The van der Waals surface area contributed by atoms with E-state index in [0.717, 1.165) is 5.56 Å². The van der Waals surface area contributed by atoms with E-state index in [-0.39, 0.29) is 5.91 Å². The Morgan fingerprint density at radius 3 is 2.83 bits per heavy atom. The van der Waals surface area contributed by atoms with E-state index in [2.05, 4.69) is 25.7 Å². The molecule has 2 aromatic heterocycles. The predicted octanol–water partition coefficient (Wildman–Crippen LogP) is 2.62. The van der Waals surface area contributed by atoms with Gasteiger partial charge in [-0.25, -0.2) is 4.68 Å². The lowest BCUT2D eigenvalue weighted by atomic mass is 9.96. The van der Waals surface area contributed by atoms with Gasteiger partial charge < -0.3 is 20.1 Å². The highest BCUT2D eigenvalue weighted by Crippen LogP contribution is 2.36. The quantitative estimate of drug-likeness (QED) is 0.688. The maximum Gasteiger partial charge on any atom is 0.255 e. The number of hydrogen-bond acceptors (Lipinski definition) is 7. The van der Waals surface area contributed by atoms with E-state index in [0.29, 0.717) is 34.4 Å². The summed E-state index contributed by atoms with van der Waals surface area (Å²) >= 11 is 0. The lowest BCUT2D eigenvalue weighted by molar-refractivity contribution is -0.113. The van der Waals surface area contributed by atoms with E-state index < -0.39 is 6.04 Å². The topological polar surface area (TPSA) is 103 Å². The summed E-state index contributed by atoms with van der Waals surface area (Å²) < 4.78 is 12.3. The first-order valence-corrected chi connectivity index (χ1v) is 8.93. The zero-order valence-corrected chi connectivity index (χ0v) is 16.2. The van der Waals surface area contributed by atoms with Crippen molar-refractivity contribution in [2.45, 2.75) is 13.0 Å². The summed E-state index contributed by atoms with van der Waals surface area (Å²) in [5.74, 6) is 1.41. The van der Waals surface area contributed by atoms with Gasteiger partial charge in [-0.2, -0.15) is 10.1 Å². The van der Waals surface area contributed by atoms with E-state index in [9.17, 15) is 4.79 Å². The molecule has 0 radical (unpaired) electrons. The number of methoxy groups -OCH3 is 2. The SMILES string of the molecule is COc1ccc(NC(=O)C2=C(C)Nc3ncnn3[C@@H]2c2cccnc2)c(OC)c1. The average molecular weight is 392 g/mol. The fourth-order valence-corrected chi connectivity index (χ4v) is 3.32. The van der Waals surface area contributed by atoms with Crippen molar-refractivity contribution in [3.8, 4) is 11.5 Å². The van der Waals surface area contributed by atoms with Crippen LogP contribution in [0.1, 0.15) is 18.5 Å². The summed E-state index contributed by atoms with van der Waals surface area (Å²) in [5, 5.41) is 10.4. The van der Waals surface area contributed by atoms with Crippen molar-refractivity contribution >= 4 is 17.5 Å². The highest BCUT2D eigenvalue weighted by Gasteiger charge is 2.33. The molecule has 3 heterocycles. The van der Waals surface area contributed by atoms with Crippen LogP contribution < -0.4 is 20.1 Å². The molecule has 1 aliphatic rings. The van der Waals surface area contributed by atoms with Gasteiger partial charge in [0.15, 0.2) is 0 Å². The van der Waals surface area contributed by atoms with Crippen molar-refractivity contribution in [3.63, 3.8) is 0 Å². The molecule has 148 valence electrons. The molecule has 0 saturated heterocycles. The normalized spacial score (nSPS) is 15.3. The highest BCUT2D eigenvalue weighted by molar-refractivity contribution is 6.06. The summed E-state index contributed by atoms with van der Waals surface area (Å²) in [6.45, 7) is 1.84. The summed E-state index contributed by atoms with van der Waals surface area (Å²) in [5.41, 5.74) is 2.55. The molecule has 1 atom stereocenters. The third kappa shape index (κ3) is 3.38. The van der Waals surface area contributed by atoms with Gasteiger partial charge in [0, 0.05) is 24.2 Å². The number of anilines is 2. The number of carbonyl (C=O) groups is 1. The summed E-state index contributed by atoms with van der Waals surface area (Å²) in [6, 6.07) is 8.47. The molecule has 0 spiro atoms. The van der Waals surface area contributed by atoms with Gasteiger partial charge in [0.05, 0.1) is 25.5 Å². The van der Waals surface area contributed by atoms with Crippen molar-refractivity contribution in [1.82, 2.24) is 19.7 Å². The van der Waals surface area contributed by atoms with E-state index in [1.54, 1.807) is 42.4 Å². The van der Waals surface area contributed by atoms with Crippen LogP contribution >= 0.6 is 0 Å². The number of allylic oxidation sites excluding steroid dienone is 1. The lowest BCUT2D eigenvalue weighted by Crippen LogP contribution is -2.31. The van der Waals surface area contributed by atoms with Gasteiger partial charge in [-0.15, -0.1) is 0 Å². The van der Waals surface area contributed by atoms with E-state index in [1.165, 1.54) is 13.4 Å². The van der Waals surface area contributed by atoms with Crippen LogP contribution in [-0.4, -0.2) is 39.9 Å². The molecule has 1 aliphatic heterocycles. The molecule has 0 aliphatic carbocycles. The van der Waals surface area contributed by atoms with Crippen molar-refractivity contribution in [3.05, 3.63) is 65.9 Å². The number of ether oxygens (including phenoxy) is 2. The minimum Gasteiger partial charge on any atom is -0.497 e. The first-order valence-electron chi connectivity index (χ1n) is 8.93. The molecule has 0 unspecified atom stereocenters. The summed E-state index contributed by atoms with van der Waals surface area (Å²) in [4.78, 5) is 21.8. The summed E-state index contributed by atoms with van der Waals surface area (Å²) in [7, 11) is 3.11. The van der Waals surface area contributed by atoms with Crippen LogP contribution in [0.15, 0.2) is 60.3 Å². The minimum absolute atomic E-state index is 0.284. The van der Waals surface area contributed by atoms with Gasteiger partial charge in [-0.3, -0.25) is 9.78 Å². The van der Waals surface area contributed by atoms with Crippen molar-refractivity contribution in [2.24, 2.45) is 0 Å². The second kappa shape index (κ2) is 7.63. The molecular formula is C20H20N6O3. The molecule has 1 amide bonds. The molecule has 9 nitrogen and oxygen atoms in total. The Hall–Kier alpha value is -3.88. The van der Waals surface area contributed by atoms with Crippen LogP contribution in [-0.2, 0) is 4.79 Å². The molecular weight excluding hydrogens is 372 g/mol. The molecule has 0 saturated carbocycles. The standard InChI is InChI=1S/C20H20N6O3/c1-12-17(19(27)25-15-7-6-14(28-2)9-16(15)29-3)18(13-5-4-8-21-10-13)26-20(24-12)22-11-23-26/h4-11,18H,1-3H3,(H,25,27)(H,22,23,24)/t18-/m1/s1. The molecule has 0 bridgehead atoms. The predicted molar refractivity (Wildman–Crippen MR) is 107 cm³/mol. The Bertz CT molecular complexity index is 1080. The Balaban J connectivity index is 1.73. The van der Waals surface area contributed by atoms with Gasteiger partial charge >= 0.3 is 0 Å². The van der Waals surface area contributed by atoms with Gasteiger partial charge in [0.2, 0.25) is 5.95 Å². The van der Waals surface area contributed by atoms with Crippen molar-refractivity contribution in [1.29, 1.82) is 0 Å². The first kappa shape index (κ1) is 18.5. The Labute approximate surface area is 167 Å². The van der Waals surface area contributed by atoms with Crippen molar-refractivity contribution in [2.75, 3.05) is 24.9 Å². The monoisotopic (exact) mass is 392 g/mol. The zero-order chi connectivity index (χ0) is 20.4. The van der Waals surface area contributed by atoms with Crippen LogP contribution in [0, 0.1) is 0 Å². The number of aromatic nitrogens is 4. The number of carbonyl (C=O) groups excluding carboxylic acids is 1.